The molecule has 126 valence electrons. The Labute approximate surface area is 148 Å². The number of unbranched alkanes of at least 4 members (excludes halogenated alkanes) is 1. The van der Waals surface area contributed by atoms with Gasteiger partial charge in [-0.25, -0.2) is 0 Å². The molecule has 0 saturated carbocycles. The van der Waals surface area contributed by atoms with E-state index in [4.69, 9.17) is 17.0 Å². The van der Waals surface area contributed by atoms with Crippen LogP contribution in [0.5, 0.6) is 5.75 Å². The maximum Gasteiger partial charge on any atom is 0.257 e. The van der Waals surface area contributed by atoms with Crippen molar-refractivity contribution in [2.45, 2.75) is 26.7 Å². The molecule has 24 heavy (non-hydrogen) atoms. The highest BCUT2D eigenvalue weighted by Crippen LogP contribution is 2.24. The van der Waals surface area contributed by atoms with Gasteiger partial charge in [0.1, 0.15) is 5.75 Å². The van der Waals surface area contributed by atoms with Gasteiger partial charge in [-0.15, -0.1) is 0 Å². The van der Waals surface area contributed by atoms with E-state index in [0.717, 1.165) is 29.8 Å². The quantitative estimate of drug-likeness (QED) is 0.607. The van der Waals surface area contributed by atoms with E-state index in [1.54, 1.807) is 6.07 Å². The molecule has 0 bridgehead atoms. The molecule has 2 N–H and O–H groups in total. The van der Waals surface area contributed by atoms with Crippen LogP contribution in [0.15, 0.2) is 48.5 Å². The minimum absolute atomic E-state index is 0.227. The highest BCUT2D eigenvalue weighted by Gasteiger charge is 2.11. The Morgan fingerprint density at radius 2 is 1.83 bits per heavy atom. The lowest BCUT2D eigenvalue weighted by molar-refractivity contribution is 0.0977. The second-order valence-corrected chi connectivity index (χ2v) is 5.83. The summed E-state index contributed by atoms with van der Waals surface area (Å²) in [5, 5.41) is 5.98. The first-order valence-corrected chi connectivity index (χ1v) is 8.42. The number of hydrogen-bond donors (Lipinski definition) is 2. The zero-order valence-corrected chi connectivity index (χ0v) is 14.8. The van der Waals surface area contributed by atoms with E-state index in [1.165, 1.54) is 0 Å². The Bertz CT molecular complexity index is 716. The van der Waals surface area contributed by atoms with E-state index in [-0.39, 0.29) is 11.0 Å². The maximum absolute atomic E-state index is 12.3. The standard InChI is InChI=1S/C19H22N2O2S/c1-3-4-13-23-17-12-8-7-11-16(17)20-19(24)21-18(22)15-10-6-5-9-14(15)2/h5-12H,3-4,13H2,1-2H3,(H2,20,21,22,24). The van der Waals surface area contributed by atoms with Gasteiger partial charge in [0, 0.05) is 5.56 Å². The average molecular weight is 342 g/mol. The van der Waals surface area contributed by atoms with Gasteiger partial charge < -0.3 is 10.1 Å². The molecule has 1 amide bonds. The third kappa shape index (κ3) is 5.06. The van der Waals surface area contributed by atoms with Gasteiger partial charge in [-0.2, -0.15) is 0 Å². The topological polar surface area (TPSA) is 50.4 Å². The Hall–Kier alpha value is -2.40. The zero-order valence-electron chi connectivity index (χ0n) is 14.0. The van der Waals surface area contributed by atoms with Gasteiger partial charge in [0.05, 0.1) is 12.3 Å². The van der Waals surface area contributed by atoms with Gasteiger partial charge in [0.25, 0.3) is 5.91 Å². The highest BCUT2D eigenvalue weighted by molar-refractivity contribution is 7.80. The second-order valence-electron chi connectivity index (χ2n) is 5.42. The molecule has 0 atom stereocenters. The number of para-hydroxylation sites is 2. The lowest BCUT2D eigenvalue weighted by atomic mass is 10.1. The maximum atomic E-state index is 12.3. The minimum Gasteiger partial charge on any atom is -0.491 e. The zero-order chi connectivity index (χ0) is 17.4. The minimum atomic E-state index is -0.227. The predicted molar refractivity (Wildman–Crippen MR) is 102 cm³/mol. The Morgan fingerprint density at radius 1 is 1.12 bits per heavy atom. The first-order chi connectivity index (χ1) is 11.6. The normalized spacial score (nSPS) is 10.1. The summed E-state index contributed by atoms with van der Waals surface area (Å²) in [6, 6.07) is 14.9. The van der Waals surface area contributed by atoms with Gasteiger partial charge in [-0.05, 0) is 49.3 Å². The van der Waals surface area contributed by atoms with Gasteiger partial charge in [0.2, 0.25) is 0 Å². The summed E-state index contributed by atoms with van der Waals surface area (Å²) >= 11 is 5.25. The SMILES string of the molecule is CCCCOc1ccccc1NC(=S)NC(=O)c1ccccc1C. The van der Waals surface area contributed by atoms with E-state index in [0.29, 0.717) is 12.2 Å². The number of carbonyl (C=O) groups excluding carboxylic acids is 1. The third-order valence-electron chi connectivity index (χ3n) is 3.51. The molecular formula is C19H22N2O2S. The van der Waals surface area contributed by atoms with Gasteiger partial charge >= 0.3 is 0 Å². The van der Waals surface area contributed by atoms with Crippen molar-refractivity contribution in [3.63, 3.8) is 0 Å². The van der Waals surface area contributed by atoms with E-state index in [9.17, 15) is 4.79 Å². The van der Waals surface area contributed by atoms with Crippen LogP contribution in [-0.4, -0.2) is 17.6 Å². The number of ether oxygens (including phenoxy) is 1. The van der Waals surface area contributed by atoms with Crippen LogP contribution in [0, 0.1) is 6.92 Å². The molecule has 5 heteroatoms. The van der Waals surface area contributed by atoms with Gasteiger partial charge in [-0.1, -0.05) is 43.7 Å². The molecule has 2 aromatic carbocycles. The molecule has 2 aromatic rings. The van der Waals surface area contributed by atoms with Gasteiger partial charge in [-0.3, -0.25) is 10.1 Å². The molecule has 0 unspecified atom stereocenters. The van der Waals surface area contributed by atoms with Crippen molar-refractivity contribution in [1.82, 2.24) is 5.32 Å². The lowest BCUT2D eigenvalue weighted by Gasteiger charge is -2.14. The fraction of sp³-hybridized carbons (Fsp3) is 0.263. The number of amides is 1. The van der Waals surface area contributed by atoms with Crippen LogP contribution in [0.4, 0.5) is 5.69 Å². The average Bonchev–Trinajstić information content (AvgIpc) is 2.57. The monoisotopic (exact) mass is 342 g/mol. The second kappa shape index (κ2) is 9.03. The number of anilines is 1. The fourth-order valence-corrected chi connectivity index (χ4v) is 2.38. The summed E-state index contributed by atoms with van der Waals surface area (Å²) in [5.74, 6) is 0.494. The molecule has 0 fully saturated rings. The largest absolute Gasteiger partial charge is 0.491 e. The number of nitrogens with one attached hydrogen (secondary N) is 2. The van der Waals surface area contributed by atoms with Crippen LogP contribution < -0.4 is 15.4 Å². The van der Waals surface area contributed by atoms with E-state index in [1.807, 2.05) is 49.4 Å². The molecular weight excluding hydrogens is 320 g/mol. The van der Waals surface area contributed by atoms with Crippen molar-refractivity contribution in [2.24, 2.45) is 0 Å². The van der Waals surface area contributed by atoms with E-state index in [2.05, 4.69) is 17.6 Å². The Morgan fingerprint density at radius 3 is 2.58 bits per heavy atom. The number of rotatable bonds is 6. The third-order valence-corrected chi connectivity index (χ3v) is 3.71. The summed E-state index contributed by atoms with van der Waals surface area (Å²) in [4.78, 5) is 12.3. The van der Waals surface area contributed by atoms with Crippen LogP contribution in [0.25, 0.3) is 0 Å². The van der Waals surface area contributed by atoms with Crippen LogP contribution in [0.2, 0.25) is 0 Å². The van der Waals surface area contributed by atoms with Crippen molar-refractivity contribution in [3.05, 3.63) is 59.7 Å². The molecule has 0 spiro atoms. The van der Waals surface area contributed by atoms with Crippen molar-refractivity contribution in [3.8, 4) is 5.75 Å². The lowest BCUT2D eigenvalue weighted by Crippen LogP contribution is -2.34. The van der Waals surface area contributed by atoms with Crippen LogP contribution in [-0.2, 0) is 0 Å². The van der Waals surface area contributed by atoms with Crippen LogP contribution in [0.1, 0.15) is 35.7 Å². The Balaban J connectivity index is 2.00. The fourth-order valence-electron chi connectivity index (χ4n) is 2.17. The number of carbonyl (C=O) groups is 1. The number of hydrogen-bond acceptors (Lipinski definition) is 3. The first kappa shape index (κ1) is 17.9. The van der Waals surface area contributed by atoms with Crippen LogP contribution >= 0.6 is 12.2 Å². The predicted octanol–water partition coefficient (Wildman–Crippen LogP) is 4.30. The molecule has 0 aliphatic rings. The molecule has 0 aromatic heterocycles. The van der Waals surface area contributed by atoms with Gasteiger partial charge in [0.15, 0.2) is 5.11 Å². The summed E-state index contributed by atoms with van der Waals surface area (Å²) in [6.45, 7) is 4.66. The molecule has 0 radical (unpaired) electrons. The van der Waals surface area contributed by atoms with Crippen LogP contribution in [0.3, 0.4) is 0 Å². The van der Waals surface area contributed by atoms with E-state index >= 15 is 0 Å². The molecule has 4 nitrogen and oxygen atoms in total. The van der Waals surface area contributed by atoms with E-state index < -0.39 is 0 Å². The molecule has 0 heterocycles. The summed E-state index contributed by atoms with van der Waals surface area (Å²) in [7, 11) is 0. The van der Waals surface area contributed by atoms with Crippen molar-refractivity contribution >= 4 is 28.9 Å². The Kier molecular flexibility index (Phi) is 6.75. The molecule has 2 rings (SSSR count). The number of benzene rings is 2. The smallest absolute Gasteiger partial charge is 0.257 e. The first-order valence-electron chi connectivity index (χ1n) is 8.01. The highest BCUT2D eigenvalue weighted by atomic mass is 32.1. The number of thiocarbonyl (C=S) groups is 1. The van der Waals surface area contributed by atoms with Crippen molar-refractivity contribution in [1.29, 1.82) is 0 Å². The summed E-state index contributed by atoms with van der Waals surface area (Å²) < 4.78 is 5.75. The number of aryl methyl sites for hydroxylation is 1. The summed E-state index contributed by atoms with van der Waals surface area (Å²) in [6.07, 6.45) is 2.06. The molecule has 0 saturated heterocycles. The summed E-state index contributed by atoms with van der Waals surface area (Å²) in [5.41, 5.74) is 2.25. The molecule has 0 aliphatic carbocycles. The molecule has 0 aliphatic heterocycles. The van der Waals surface area contributed by atoms with Crippen molar-refractivity contribution in [2.75, 3.05) is 11.9 Å². The van der Waals surface area contributed by atoms with Crippen molar-refractivity contribution < 1.29 is 9.53 Å².